The largest absolute Gasteiger partial charge is 0.291 e. The number of fused-ring (bicyclic) bond motifs is 12. The highest BCUT2D eigenvalue weighted by molar-refractivity contribution is 7.18. The molecule has 608 valence electrons. The molecule has 0 radical (unpaired) electrons. The van der Waals surface area contributed by atoms with Crippen molar-refractivity contribution in [2.24, 2.45) is 14.1 Å². The lowest BCUT2D eigenvalue weighted by Gasteiger charge is -2.09. The van der Waals surface area contributed by atoms with Crippen LogP contribution in [0.3, 0.4) is 0 Å². The van der Waals surface area contributed by atoms with E-state index in [1.54, 1.807) is 47.9 Å². The van der Waals surface area contributed by atoms with Crippen LogP contribution < -0.4 is 4.73 Å². The Morgan fingerprint density at radius 3 is 1.29 bits per heavy atom. The second kappa shape index (κ2) is 36.2. The molecular weight excluding hydrogens is 1620 g/mol. The van der Waals surface area contributed by atoms with Crippen LogP contribution >= 0.6 is 45.3 Å². The van der Waals surface area contributed by atoms with Gasteiger partial charge in [-0.25, -0.2) is 37.5 Å². The van der Waals surface area contributed by atoms with Crippen molar-refractivity contribution in [2.45, 2.75) is 110 Å². The molecule has 6 aromatic carbocycles. The number of halogens is 4. The topological polar surface area (TPSA) is 218 Å². The van der Waals surface area contributed by atoms with E-state index in [2.05, 4.69) is 108 Å². The molecule has 0 spiro atoms. The van der Waals surface area contributed by atoms with E-state index in [1.165, 1.54) is 96.9 Å². The second-order valence-electron chi connectivity index (χ2n) is 30.6. The maximum Gasteiger partial charge on any atom is 0.230 e. The van der Waals surface area contributed by atoms with Crippen molar-refractivity contribution in [3.63, 3.8) is 0 Å². The summed E-state index contributed by atoms with van der Waals surface area (Å²) in [7, 11) is 3.81. The normalized spacial score (nSPS) is 12.8. The van der Waals surface area contributed by atoms with Gasteiger partial charge < -0.3 is 0 Å². The minimum atomic E-state index is -0.726. The van der Waals surface area contributed by atoms with Gasteiger partial charge in [-0.2, -0.15) is 10.2 Å². The Morgan fingerprint density at radius 2 is 0.852 bits per heavy atom. The van der Waals surface area contributed by atoms with E-state index in [4.69, 9.17) is 9.97 Å². The minimum Gasteiger partial charge on any atom is -0.291 e. The summed E-state index contributed by atoms with van der Waals surface area (Å²) in [5.41, 5.74) is 24.6. The van der Waals surface area contributed by atoms with Crippen LogP contribution in [0.2, 0.25) is 0 Å². The summed E-state index contributed by atoms with van der Waals surface area (Å²) >= 11 is 5.69. The fourth-order valence-corrected chi connectivity index (χ4v) is 20.2. The summed E-state index contributed by atoms with van der Waals surface area (Å²) in [4.78, 5) is 87.0. The number of rotatable bonds is 16. The van der Waals surface area contributed by atoms with Crippen LogP contribution in [0.1, 0.15) is 138 Å². The van der Waals surface area contributed by atoms with Crippen molar-refractivity contribution >= 4 is 68.5 Å². The smallest absolute Gasteiger partial charge is 0.230 e. The molecule has 0 fully saturated rings. The van der Waals surface area contributed by atoms with Gasteiger partial charge in [0.05, 0.1) is 66.7 Å². The van der Waals surface area contributed by atoms with Crippen molar-refractivity contribution < 1.29 is 46.7 Å². The van der Waals surface area contributed by atoms with Gasteiger partial charge in [-0.05, 0) is 240 Å². The summed E-state index contributed by atoms with van der Waals surface area (Å²) in [6.07, 6.45) is 31.2. The first-order chi connectivity index (χ1) is 59.3. The third-order valence-electron chi connectivity index (χ3n) is 22.1. The molecule has 25 heteroatoms. The molecule has 122 heavy (non-hydrogen) atoms. The fourth-order valence-electron chi connectivity index (χ4n) is 15.8. The van der Waals surface area contributed by atoms with Crippen molar-refractivity contribution in [1.29, 1.82) is 0 Å². The highest BCUT2D eigenvalue weighted by Crippen LogP contribution is 2.45. The zero-order chi connectivity index (χ0) is 84.1. The van der Waals surface area contributed by atoms with Crippen molar-refractivity contribution in [1.82, 2.24) is 54.4 Å². The molecule has 0 atom stereocenters. The molecule has 0 aliphatic heterocycles. The molecule has 0 amide bonds. The zero-order valence-electron chi connectivity index (χ0n) is 66.8. The molecule has 1 N–H and O–H groups in total. The average molecular weight is 1700 g/mol. The third kappa shape index (κ3) is 18.2. The lowest BCUT2D eigenvalue weighted by atomic mass is 9.98. The molecule has 16 aromatic rings. The second-order valence-corrected chi connectivity index (χ2v) is 34.6. The van der Waals surface area contributed by atoms with Crippen molar-refractivity contribution in [3.8, 4) is 86.3 Å². The average Bonchev–Trinajstić information content (AvgIpc) is 1.65. The van der Waals surface area contributed by atoms with Crippen LogP contribution in [0.15, 0.2) is 226 Å². The first-order valence-electron chi connectivity index (χ1n) is 40.2. The molecule has 0 unspecified atom stereocenters. The number of Topliss-reactive ketones (excluding diaryl/α,β-unsaturated/α-hetero) is 4. The Balaban J connectivity index is 0.000000116. The summed E-state index contributed by atoms with van der Waals surface area (Å²) in [6.45, 7) is 1.99. The molecule has 0 saturated heterocycles. The Kier molecular flexibility index (Phi) is 24.1. The summed E-state index contributed by atoms with van der Waals surface area (Å²) in [6, 6.07) is 47.9. The van der Waals surface area contributed by atoms with E-state index in [0.29, 0.717) is 21.4 Å². The molecule has 4 aliphatic rings. The first kappa shape index (κ1) is 81.4. The van der Waals surface area contributed by atoms with E-state index >= 15 is 0 Å². The Morgan fingerprint density at radius 1 is 0.402 bits per heavy atom. The van der Waals surface area contributed by atoms with Gasteiger partial charge in [-0.15, -0.1) is 45.3 Å². The predicted octanol–water partition coefficient (Wildman–Crippen LogP) is 20.6. The maximum atomic E-state index is 14.0. The predicted molar refractivity (Wildman–Crippen MR) is 467 cm³/mol. The Labute approximate surface area is 716 Å². The standard InChI is InChI=1S/C25H19F2N2O2S.C24H19F2N3OS.C24H22N4OS.C24H19N3OS/c26-20-6-2-7-21(27)19(20)13-23(30)25-28-22-8-1-4-15-9-10-16(12-18(15)24(22)32-25)17-5-3-11-29(31)14-17;1-29-13-17(12-27-29)15-6-5-14-3-2-4-21-23(19(14)9-15)31-24(28-21)22(30)10-16-7-8-18(25)11-20(16)26;1-15-12-25-9-8-17(15)11-22(29)24-27-21-5-3-4-16-6-7-18(10-20(16)23(21)30-24)19-13-26-28(2)14-19;28-22(14-19-7-1-2-12-26-19)24-27-21-8-3-5-16-9-10-17(13-20(16)23(21)29-24)18-6-4-11-25-15-18/h2-3,5-7,9-12,14,31H,1,4,8,13H2;5-9,11-13H,2-4,10H2,1H3;6-10,12-14H,3-5,11H2,1-2H3;1-2,4,6-7,9-13,15H,3,5,8,14H2/q+1;;;. The van der Waals surface area contributed by atoms with Gasteiger partial charge in [0, 0.05) is 122 Å². The van der Waals surface area contributed by atoms with Gasteiger partial charge in [0.15, 0.2) is 43.2 Å². The van der Waals surface area contributed by atoms with Crippen LogP contribution in [-0.4, -0.2) is 82.8 Å². The van der Waals surface area contributed by atoms with Crippen molar-refractivity contribution in [3.05, 3.63) is 342 Å². The highest BCUT2D eigenvalue weighted by Gasteiger charge is 2.30. The summed E-state index contributed by atoms with van der Waals surface area (Å²) in [5.74, 6) is -3.36. The molecule has 10 heterocycles. The van der Waals surface area contributed by atoms with E-state index in [0.717, 1.165) is 215 Å². The van der Waals surface area contributed by atoms with E-state index in [9.17, 15) is 41.9 Å². The van der Waals surface area contributed by atoms with Gasteiger partial charge in [-0.1, -0.05) is 72.8 Å². The number of carbonyl (C=O) groups is 4. The van der Waals surface area contributed by atoms with E-state index in [-0.39, 0.29) is 52.7 Å². The number of aromatic nitrogens is 12. The van der Waals surface area contributed by atoms with Crippen LogP contribution in [0.5, 0.6) is 0 Å². The van der Waals surface area contributed by atoms with Gasteiger partial charge in [0.2, 0.25) is 12.4 Å². The Hall–Kier alpha value is -12.9. The molecule has 0 saturated carbocycles. The molecular formula is C97H79F4N12O5S4+. The van der Waals surface area contributed by atoms with Crippen LogP contribution in [0.25, 0.3) is 86.3 Å². The number of benzene rings is 6. The minimum absolute atomic E-state index is 0.0340. The lowest BCUT2D eigenvalue weighted by molar-refractivity contribution is -0.904. The molecule has 4 aliphatic carbocycles. The highest BCUT2D eigenvalue weighted by atomic mass is 32.1. The van der Waals surface area contributed by atoms with Gasteiger partial charge >= 0.3 is 0 Å². The molecule has 10 aromatic heterocycles. The lowest BCUT2D eigenvalue weighted by Crippen LogP contribution is -2.28. The fraction of sp³-hybridized carbons (Fsp3) is 0.196. The Bertz CT molecular complexity index is 6650. The number of aryl methyl sites for hydroxylation is 11. The van der Waals surface area contributed by atoms with Gasteiger partial charge in [0.1, 0.15) is 23.3 Å². The summed E-state index contributed by atoms with van der Waals surface area (Å²) < 4.78 is 59.8. The SMILES string of the molecule is Cc1cnccc1CC(=O)c1nc2c(s1)-c1cc(-c3cnn(C)c3)ccc1CCC2.Cn1cc(-c2ccc3c(c2)-c2sc(C(=O)Cc4ccc(F)cc4F)nc2CCC3)cn1.O=C(Cc1c(F)cccc1F)c1nc2c(s1)-c1cc(-c3ccc[n+](O)c3)ccc1CCC2.O=C(Cc1ccccn1)c1nc2c(s1)-c1cc(-c3cccnc3)ccc1CCC2. The quantitative estimate of drug-likeness (QED) is 0.0412. The third-order valence-corrected chi connectivity index (χ3v) is 26.8. The number of hydrogen-bond donors (Lipinski definition) is 1. The number of ketones is 4. The number of pyridine rings is 4. The maximum absolute atomic E-state index is 14.0. The molecule has 0 bridgehead atoms. The van der Waals surface area contributed by atoms with Gasteiger partial charge in [-0.3, -0.25) is 48.7 Å². The first-order valence-corrected chi connectivity index (χ1v) is 43.5. The monoisotopic (exact) mass is 1700 g/mol. The van der Waals surface area contributed by atoms with Crippen LogP contribution in [0, 0.1) is 30.2 Å². The number of nitrogens with zero attached hydrogens (tertiary/aromatic N) is 12. The molecule has 20 rings (SSSR count). The van der Waals surface area contributed by atoms with E-state index < -0.39 is 29.1 Å². The van der Waals surface area contributed by atoms with Crippen LogP contribution in [-0.2, 0) is 91.1 Å². The molecule has 17 nitrogen and oxygen atoms in total. The number of carbonyl (C=O) groups excluding carboxylic acids is 4. The summed E-state index contributed by atoms with van der Waals surface area (Å²) in [5, 5.41) is 20.1. The van der Waals surface area contributed by atoms with Crippen molar-refractivity contribution in [2.75, 3.05) is 0 Å². The van der Waals surface area contributed by atoms with Gasteiger partial charge in [0.25, 0.3) is 0 Å². The number of hydrogen-bond acceptors (Lipinski definition) is 18. The van der Waals surface area contributed by atoms with E-state index in [1.807, 2.05) is 99.1 Å². The zero-order valence-corrected chi connectivity index (χ0v) is 70.0. The van der Waals surface area contributed by atoms with Crippen LogP contribution in [0.4, 0.5) is 17.6 Å². The number of thiazole rings is 4.